The first kappa shape index (κ1) is 13.8. The summed E-state index contributed by atoms with van der Waals surface area (Å²) in [6.07, 6.45) is 0. The molecular weight excluding hydrogens is 282 g/mol. The third kappa shape index (κ3) is 3.45. The number of aryl methyl sites for hydroxylation is 1. The normalized spacial score (nSPS) is 10.4. The second-order valence-corrected chi connectivity index (χ2v) is 5.73. The van der Waals surface area contributed by atoms with Crippen LogP contribution in [-0.4, -0.2) is 21.9 Å². The lowest BCUT2D eigenvalue weighted by atomic mass is 10.2. The average Bonchev–Trinajstić information content (AvgIpc) is 2.77. The number of ether oxygens (including phenoxy) is 1. The first-order valence-corrected chi connectivity index (χ1v) is 7.24. The monoisotopic (exact) mass is 295 g/mol. The Labute approximate surface area is 119 Å². The van der Waals surface area contributed by atoms with E-state index in [1.165, 1.54) is 23.3 Å². The number of hydrogen-bond acceptors (Lipinski definition) is 7. The number of carbonyl (C=O) groups excluding carboxylic acids is 1. The minimum atomic E-state index is -0.376. The second-order valence-electron chi connectivity index (χ2n) is 3.69. The highest BCUT2D eigenvalue weighted by Gasteiger charge is 2.15. The molecule has 0 atom stereocenters. The van der Waals surface area contributed by atoms with Gasteiger partial charge in [-0.1, -0.05) is 11.8 Å². The molecule has 1 aromatic carbocycles. The number of nitrogens with zero attached hydrogens (tertiary/aromatic N) is 2. The molecule has 1 aromatic heterocycles. The molecule has 0 aliphatic rings. The Kier molecular flexibility index (Phi) is 4.39. The number of aromatic nitrogens is 2. The molecule has 0 radical (unpaired) electrons. The molecule has 100 valence electrons. The summed E-state index contributed by atoms with van der Waals surface area (Å²) in [7, 11) is 0. The summed E-state index contributed by atoms with van der Waals surface area (Å²) in [5, 5.41) is 0. The molecule has 2 rings (SSSR count). The molecule has 0 saturated heterocycles. The maximum absolute atomic E-state index is 11.9. The number of rotatable bonds is 4. The van der Waals surface area contributed by atoms with Crippen LogP contribution < -0.4 is 5.73 Å². The van der Waals surface area contributed by atoms with Crippen LogP contribution in [0.25, 0.3) is 0 Å². The Hall–Kier alpha value is -1.60. The van der Waals surface area contributed by atoms with E-state index in [2.05, 4.69) is 9.36 Å². The smallest absolute Gasteiger partial charge is 0.339 e. The number of nitrogens with two attached hydrogens (primary N) is 1. The van der Waals surface area contributed by atoms with E-state index in [4.69, 9.17) is 10.5 Å². The molecule has 0 aliphatic carbocycles. The first-order chi connectivity index (χ1) is 9.10. The molecule has 7 heteroatoms. The van der Waals surface area contributed by atoms with Crippen LogP contribution >= 0.6 is 23.3 Å². The first-order valence-electron chi connectivity index (χ1n) is 5.65. The van der Waals surface area contributed by atoms with E-state index in [1.54, 1.807) is 25.1 Å². The summed E-state index contributed by atoms with van der Waals surface area (Å²) >= 11 is 2.69. The van der Waals surface area contributed by atoms with Gasteiger partial charge in [0.05, 0.1) is 12.2 Å². The SMILES string of the molecule is CCOC(=O)c1cc(N)ccc1Sc1nc(C)ns1. The maximum atomic E-state index is 11.9. The molecule has 0 spiro atoms. The molecule has 0 bridgehead atoms. The van der Waals surface area contributed by atoms with Crippen molar-refractivity contribution in [1.82, 2.24) is 9.36 Å². The lowest BCUT2D eigenvalue weighted by molar-refractivity contribution is 0.0522. The number of esters is 1. The summed E-state index contributed by atoms with van der Waals surface area (Å²) in [5.74, 6) is 0.346. The highest BCUT2D eigenvalue weighted by Crippen LogP contribution is 2.32. The predicted octanol–water partition coefficient (Wildman–Crippen LogP) is 2.76. The lowest BCUT2D eigenvalue weighted by Gasteiger charge is -2.07. The fourth-order valence-electron chi connectivity index (χ4n) is 1.42. The van der Waals surface area contributed by atoms with Gasteiger partial charge in [-0.15, -0.1) is 0 Å². The maximum Gasteiger partial charge on any atom is 0.339 e. The van der Waals surface area contributed by atoms with E-state index in [9.17, 15) is 4.79 Å². The molecule has 2 N–H and O–H groups in total. The Balaban J connectivity index is 2.31. The Bertz CT molecular complexity index is 598. The molecule has 2 aromatic rings. The van der Waals surface area contributed by atoms with Crippen molar-refractivity contribution >= 4 is 35.0 Å². The van der Waals surface area contributed by atoms with Gasteiger partial charge in [-0.05, 0) is 43.6 Å². The van der Waals surface area contributed by atoms with Crippen molar-refractivity contribution in [2.45, 2.75) is 23.1 Å². The van der Waals surface area contributed by atoms with Crippen LogP contribution in [-0.2, 0) is 4.74 Å². The van der Waals surface area contributed by atoms with E-state index in [1.807, 2.05) is 6.92 Å². The van der Waals surface area contributed by atoms with Gasteiger partial charge in [-0.25, -0.2) is 9.78 Å². The molecule has 5 nitrogen and oxygen atoms in total. The minimum Gasteiger partial charge on any atom is -0.462 e. The molecular formula is C12H13N3O2S2. The third-order valence-electron chi connectivity index (χ3n) is 2.21. The van der Waals surface area contributed by atoms with Crippen LogP contribution in [0.4, 0.5) is 5.69 Å². The molecule has 0 amide bonds. The van der Waals surface area contributed by atoms with Gasteiger partial charge in [0.25, 0.3) is 0 Å². The van der Waals surface area contributed by atoms with Crippen molar-refractivity contribution in [2.24, 2.45) is 0 Å². The van der Waals surface area contributed by atoms with Crippen LogP contribution in [0.1, 0.15) is 23.1 Å². The zero-order valence-electron chi connectivity index (χ0n) is 10.5. The molecule has 0 fully saturated rings. The summed E-state index contributed by atoms with van der Waals surface area (Å²) in [6.45, 7) is 3.93. The van der Waals surface area contributed by atoms with E-state index >= 15 is 0 Å². The molecule has 0 saturated carbocycles. The van der Waals surface area contributed by atoms with Crippen molar-refractivity contribution in [3.63, 3.8) is 0 Å². The van der Waals surface area contributed by atoms with Crippen molar-refractivity contribution in [3.05, 3.63) is 29.6 Å². The second kappa shape index (κ2) is 6.03. The van der Waals surface area contributed by atoms with Crippen LogP contribution in [0.3, 0.4) is 0 Å². The highest BCUT2D eigenvalue weighted by atomic mass is 32.2. The molecule has 0 aliphatic heterocycles. The third-order valence-corrected chi connectivity index (χ3v) is 4.12. The number of benzene rings is 1. The average molecular weight is 295 g/mol. The van der Waals surface area contributed by atoms with Crippen molar-refractivity contribution < 1.29 is 9.53 Å². The van der Waals surface area contributed by atoms with Crippen LogP contribution in [0.15, 0.2) is 27.4 Å². The minimum absolute atomic E-state index is 0.329. The molecule has 1 heterocycles. The number of hydrogen-bond donors (Lipinski definition) is 1. The van der Waals surface area contributed by atoms with Crippen LogP contribution in [0, 0.1) is 6.92 Å². The van der Waals surface area contributed by atoms with Gasteiger partial charge in [-0.3, -0.25) is 0 Å². The van der Waals surface area contributed by atoms with Gasteiger partial charge in [0, 0.05) is 10.6 Å². The Morgan fingerprint density at radius 1 is 1.53 bits per heavy atom. The van der Waals surface area contributed by atoms with Gasteiger partial charge >= 0.3 is 5.97 Å². The largest absolute Gasteiger partial charge is 0.462 e. The summed E-state index contributed by atoms with van der Waals surface area (Å²) in [5.41, 5.74) is 6.70. The van der Waals surface area contributed by atoms with Crippen molar-refractivity contribution in [2.75, 3.05) is 12.3 Å². The summed E-state index contributed by atoms with van der Waals surface area (Å²) in [4.78, 5) is 16.9. The number of carbonyl (C=O) groups is 1. The van der Waals surface area contributed by atoms with E-state index < -0.39 is 0 Å². The zero-order valence-corrected chi connectivity index (χ0v) is 12.2. The standard InChI is InChI=1S/C12H13N3O2S2/c1-3-17-11(16)9-6-8(13)4-5-10(9)18-12-14-7(2)15-19-12/h4-6H,3,13H2,1-2H3. The van der Waals surface area contributed by atoms with E-state index in [0.29, 0.717) is 17.9 Å². The van der Waals surface area contributed by atoms with E-state index in [-0.39, 0.29) is 5.97 Å². The quantitative estimate of drug-likeness (QED) is 0.690. The fraction of sp³-hybridized carbons (Fsp3) is 0.250. The van der Waals surface area contributed by atoms with Gasteiger partial charge in [0.1, 0.15) is 5.82 Å². The van der Waals surface area contributed by atoms with E-state index in [0.717, 1.165) is 15.1 Å². The van der Waals surface area contributed by atoms with Gasteiger partial charge < -0.3 is 10.5 Å². The predicted molar refractivity (Wildman–Crippen MR) is 75.6 cm³/mol. The number of nitrogen functional groups attached to an aromatic ring is 1. The van der Waals surface area contributed by atoms with Crippen LogP contribution in [0.5, 0.6) is 0 Å². The number of anilines is 1. The Morgan fingerprint density at radius 3 is 2.95 bits per heavy atom. The van der Waals surface area contributed by atoms with Gasteiger partial charge in [0.2, 0.25) is 0 Å². The molecule has 19 heavy (non-hydrogen) atoms. The topological polar surface area (TPSA) is 78.1 Å². The highest BCUT2D eigenvalue weighted by molar-refractivity contribution is 8.01. The van der Waals surface area contributed by atoms with Gasteiger partial charge in [0.15, 0.2) is 4.34 Å². The molecule has 0 unspecified atom stereocenters. The van der Waals surface area contributed by atoms with Crippen molar-refractivity contribution in [1.29, 1.82) is 0 Å². The summed E-state index contributed by atoms with van der Waals surface area (Å²) in [6, 6.07) is 5.16. The zero-order chi connectivity index (χ0) is 13.8. The summed E-state index contributed by atoms with van der Waals surface area (Å²) < 4.78 is 9.92. The lowest BCUT2D eigenvalue weighted by Crippen LogP contribution is -2.06. The Morgan fingerprint density at radius 2 is 2.32 bits per heavy atom. The fourth-order valence-corrected chi connectivity index (χ4v) is 3.13. The van der Waals surface area contributed by atoms with Crippen LogP contribution in [0.2, 0.25) is 0 Å². The van der Waals surface area contributed by atoms with Gasteiger partial charge in [-0.2, -0.15) is 4.37 Å². The van der Waals surface area contributed by atoms with Crippen molar-refractivity contribution in [3.8, 4) is 0 Å².